The van der Waals surface area contributed by atoms with Crippen molar-refractivity contribution in [2.45, 2.75) is 102 Å². The second-order valence-corrected chi connectivity index (χ2v) is 15.9. The minimum atomic E-state index is -4.22. The molecule has 0 radical (unpaired) electrons. The van der Waals surface area contributed by atoms with Gasteiger partial charge in [0.1, 0.15) is 18.1 Å². The Morgan fingerprint density at radius 1 is 1.02 bits per heavy atom. The van der Waals surface area contributed by atoms with E-state index in [1.54, 1.807) is 29.4 Å². The fraction of sp³-hybridized carbons (Fsp3) is 0.447. The number of aromatic nitrogens is 4. The lowest BCUT2D eigenvalue weighted by Gasteiger charge is -2.35. The van der Waals surface area contributed by atoms with Crippen LogP contribution in [0.15, 0.2) is 65.8 Å². The Hall–Kier alpha value is -4.65. The molecule has 2 aliphatic heterocycles. The Morgan fingerprint density at radius 2 is 1.78 bits per heavy atom. The third-order valence-corrected chi connectivity index (χ3v) is 10.9. The maximum Gasteiger partial charge on any atom is 0.264 e. The number of hydrogen-bond acceptors (Lipinski definition) is 9. The van der Waals surface area contributed by atoms with E-state index in [1.807, 2.05) is 32.0 Å². The van der Waals surface area contributed by atoms with E-state index in [4.69, 9.17) is 9.72 Å². The highest BCUT2D eigenvalue weighted by Crippen LogP contribution is 2.31. The van der Waals surface area contributed by atoms with Gasteiger partial charge in [0.25, 0.3) is 15.9 Å². The highest BCUT2D eigenvalue weighted by Gasteiger charge is 2.30. The van der Waals surface area contributed by atoms with Gasteiger partial charge in [0.15, 0.2) is 0 Å². The van der Waals surface area contributed by atoms with Gasteiger partial charge < -0.3 is 14.5 Å². The number of rotatable bonds is 8. The van der Waals surface area contributed by atoms with Crippen molar-refractivity contribution in [3.8, 4) is 17.1 Å². The van der Waals surface area contributed by atoms with Crippen LogP contribution in [0.4, 0.5) is 16.2 Å². The molecule has 0 saturated carbocycles. The van der Waals surface area contributed by atoms with Crippen LogP contribution in [0.1, 0.15) is 86.5 Å². The molecule has 2 aromatic heterocycles. The zero-order chi connectivity index (χ0) is 36.3. The molecule has 2 aliphatic rings. The molecule has 11 nitrogen and oxygen atoms in total. The molecule has 270 valence electrons. The minimum absolute atomic E-state index is 0.00379. The normalized spacial score (nSPS) is 19.3. The molecular weight excluding hydrogens is 670 g/mol. The number of carbonyl (C=O) groups excluding carboxylic acids is 1. The number of sulfonamides is 1. The quantitative estimate of drug-likeness (QED) is 0.204. The Balaban J connectivity index is 1.45. The Kier molecular flexibility index (Phi) is 10.6. The van der Waals surface area contributed by atoms with Crippen molar-refractivity contribution in [3.63, 3.8) is 0 Å². The predicted octanol–water partition coefficient (Wildman–Crippen LogP) is 7.05. The second-order valence-electron chi connectivity index (χ2n) is 14.2. The summed E-state index contributed by atoms with van der Waals surface area (Å²) in [6, 6.07) is 13.2. The van der Waals surface area contributed by atoms with E-state index in [0.717, 1.165) is 48.3 Å². The largest absolute Gasteiger partial charge is 0.475 e. The molecule has 4 aromatic rings. The number of nitrogens with one attached hydrogen (secondary N) is 1. The van der Waals surface area contributed by atoms with E-state index in [2.05, 4.69) is 31.5 Å². The molecule has 2 atom stereocenters. The summed E-state index contributed by atoms with van der Waals surface area (Å²) in [5.74, 6) is 0.312. The van der Waals surface area contributed by atoms with Gasteiger partial charge in [-0.3, -0.25) is 9.78 Å². The van der Waals surface area contributed by atoms with Crippen LogP contribution in [-0.4, -0.2) is 70.1 Å². The fourth-order valence-electron chi connectivity index (χ4n) is 6.89. The predicted molar refractivity (Wildman–Crippen MR) is 195 cm³/mol. The van der Waals surface area contributed by atoms with Gasteiger partial charge in [-0.05, 0) is 102 Å². The molecule has 13 heteroatoms. The number of piperidine rings is 1. The summed E-state index contributed by atoms with van der Waals surface area (Å²) in [5.41, 5.74) is 2.56. The molecule has 4 heterocycles. The molecule has 6 rings (SSSR count). The summed E-state index contributed by atoms with van der Waals surface area (Å²) in [4.78, 5) is 36.8. The average molecular weight is 716 g/mol. The Bertz CT molecular complexity index is 1980. The summed E-state index contributed by atoms with van der Waals surface area (Å²) in [7, 11) is -4.22. The highest BCUT2D eigenvalue weighted by molar-refractivity contribution is 7.92. The first-order chi connectivity index (χ1) is 24.3. The van der Waals surface area contributed by atoms with Crippen LogP contribution in [0.5, 0.6) is 5.88 Å². The van der Waals surface area contributed by atoms with Crippen molar-refractivity contribution in [3.05, 3.63) is 83.3 Å². The minimum Gasteiger partial charge on any atom is -0.475 e. The molecule has 1 amide bonds. The molecule has 4 bridgehead atoms. The van der Waals surface area contributed by atoms with Crippen LogP contribution in [0.25, 0.3) is 11.3 Å². The lowest BCUT2D eigenvalue weighted by Crippen LogP contribution is -2.44. The molecule has 1 saturated heterocycles. The molecule has 0 spiro atoms. The molecule has 2 aromatic carbocycles. The van der Waals surface area contributed by atoms with Gasteiger partial charge in [-0.15, -0.1) is 0 Å². The van der Waals surface area contributed by atoms with Gasteiger partial charge in [-0.1, -0.05) is 24.3 Å². The fourth-order valence-corrected chi connectivity index (χ4v) is 7.88. The van der Waals surface area contributed by atoms with Crippen LogP contribution in [-0.2, 0) is 16.6 Å². The summed E-state index contributed by atoms with van der Waals surface area (Å²) in [5, 5.41) is 0. The second kappa shape index (κ2) is 14.9. The topological polar surface area (TPSA) is 131 Å². The highest BCUT2D eigenvalue weighted by atomic mass is 32.2. The number of amides is 1. The summed E-state index contributed by atoms with van der Waals surface area (Å²) in [6.07, 6.45) is 7.84. The number of anilines is 2. The number of nitrogens with zero attached hydrogens (tertiary/aromatic N) is 6. The monoisotopic (exact) mass is 715 g/mol. The van der Waals surface area contributed by atoms with Crippen molar-refractivity contribution < 1.29 is 22.3 Å². The first-order valence-electron chi connectivity index (χ1n) is 17.6. The van der Waals surface area contributed by atoms with Crippen molar-refractivity contribution in [2.24, 2.45) is 0 Å². The number of hydrogen-bond donors (Lipinski definition) is 1. The lowest BCUT2D eigenvalue weighted by molar-refractivity contribution is 0.0557. The zero-order valence-electron chi connectivity index (χ0n) is 29.9. The van der Waals surface area contributed by atoms with Crippen LogP contribution in [0.2, 0.25) is 0 Å². The lowest BCUT2D eigenvalue weighted by atomic mass is 9.99. The van der Waals surface area contributed by atoms with E-state index < -0.39 is 27.6 Å². The van der Waals surface area contributed by atoms with Crippen molar-refractivity contribution >= 4 is 27.7 Å². The molecule has 1 fully saturated rings. The third-order valence-electron chi connectivity index (χ3n) is 9.59. The first kappa shape index (κ1) is 36.2. The molecular formula is C38H46FN7O4S. The van der Waals surface area contributed by atoms with E-state index in [9.17, 15) is 17.6 Å². The van der Waals surface area contributed by atoms with Gasteiger partial charge in [0.05, 0.1) is 41.3 Å². The molecule has 1 unspecified atom stereocenters. The van der Waals surface area contributed by atoms with Gasteiger partial charge in [0.2, 0.25) is 11.8 Å². The van der Waals surface area contributed by atoms with E-state index in [-0.39, 0.29) is 41.9 Å². The Labute approximate surface area is 299 Å². The molecule has 1 N–H and O–H groups in total. The maximum atomic E-state index is 14.7. The molecule has 51 heavy (non-hydrogen) atoms. The number of benzene rings is 2. The standard InChI is InChI=1S/C38H46FN7O4S/c1-25-11-8-12-26(2)35(25)32-20-34-43-37(42-32)44-51(48,49)31-16-9-14-28(19-31)36(47)46(30(24-50-34)15-10-17-38(4,5)39)23-29-21-40-22-33(41-29)45-18-7-6-13-27(45)3/h8-9,11-12,14,16,19-22,27,30H,6-7,10,13,15,17-18,23-24H2,1-5H3,(H,42,43,44)/t27-,30?/m1/s1. The van der Waals surface area contributed by atoms with Crippen molar-refractivity contribution in [1.29, 1.82) is 0 Å². The smallest absolute Gasteiger partial charge is 0.264 e. The number of ether oxygens (including phenoxy) is 1. The van der Waals surface area contributed by atoms with E-state index in [0.29, 0.717) is 30.3 Å². The van der Waals surface area contributed by atoms with E-state index >= 15 is 0 Å². The number of aryl methyl sites for hydroxylation is 2. The van der Waals surface area contributed by atoms with Gasteiger partial charge in [-0.2, -0.15) is 4.98 Å². The third kappa shape index (κ3) is 8.63. The van der Waals surface area contributed by atoms with E-state index in [1.165, 1.54) is 32.0 Å². The number of alkyl halides is 1. The number of carbonyl (C=O) groups is 1. The van der Waals surface area contributed by atoms with Crippen molar-refractivity contribution in [2.75, 3.05) is 22.8 Å². The van der Waals surface area contributed by atoms with Crippen LogP contribution in [0.3, 0.4) is 0 Å². The van der Waals surface area contributed by atoms with Gasteiger partial charge in [-0.25, -0.2) is 27.5 Å². The van der Waals surface area contributed by atoms with Crippen LogP contribution >= 0.6 is 0 Å². The number of fused-ring (bicyclic) bond motifs is 4. The van der Waals surface area contributed by atoms with Gasteiger partial charge in [0, 0.05) is 29.8 Å². The van der Waals surface area contributed by atoms with Crippen molar-refractivity contribution in [1.82, 2.24) is 24.8 Å². The summed E-state index contributed by atoms with van der Waals surface area (Å²) < 4.78 is 51.1. The number of halogens is 1. The first-order valence-corrected chi connectivity index (χ1v) is 19.0. The van der Waals surface area contributed by atoms with Crippen LogP contribution < -0.4 is 14.4 Å². The average Bonchev–Trinajstić information content (AvgIpc) is 3.08. The summed E-state index contributed by atoms with van der Waals surface area (Å²) >= 11 is 0. The zero-order valence-corrected chi connectivity index (χ0v) is 30.7. The summed E-state index contributed by atoms with van der Waals surface area (Å²) in [6.45, 7) is 10.1. The Morgan fingerprint density at radius 3 is 2.53 bits per heavy atom. The van der Waals surface area contributed by atoms with Crippen LogP contribution in [0, 0.1) is 13.8 Å². The molecule has 0 aliphatic carbocycles. The van der Waals surface area contributed by atoms with Gasteiger partial charge >= 0.3 is 0 Å². The maximum absolute atomic E-state index is 14.7. The SMILES string of the molecule is Cc1cccc(C)c1-c1cc2nc(n1)NS(=O)(=O)c1cccc(c1)C(=O)N(Cc1cncc(N3CCCC[C@H]3C)n1)C(CCCC(C)(C)F)CO2.